The topological polar surface area (TPSA) is 74.9 Å². The highest BCUT2D eigenvalue weighted by Gasteiger charge is 2.26. The van der Waals surface area contributed by atoms with Crippen LogP contribution in [0.15, 0.2) is 54.7 Å². The summed E-state index contributed by atoms with van der Waals surface area (Å²) in [5.74, 6) is 0.876. The van der Waals surface area contributed by atoms with Gasteiger partial charge in [0.25, 0.3) is 11.8 Å². The number of piperidine rings is 1. The maximum Gasteiger partial charge on any atom is 0.257 e. The molecule has 5 rings (SSSR count). The summed E-state index contributed by atoms with van der Waals surface area (Å²) in [6.45, 7) is 4.22. The van der Waals surface area contributed by atoms with Crippen LogP contribution < -0.4 is 4.74 Å². The van der Waals surface area contributed by atoms with Crippen molar-refractivity contribution in [2.75, 3.05) is 46.0 Å². The molecule has 7 heteroatoms. The van der Waals surface area contributed by atoms with Gasteiger partial charge in [0.2, 0.25) is 0 Å². The lowest BCUT2D eigenvalue weighted by Gasteiger charge is -2.33. The minimum Gasteiger partial charge on any atom is -0.492 e. The second kappa shape index (κ2) is 9.67. The number of carbonyl (C=O) groups is 2. The number of aromatic amines is 1. The molecular formula is C26H29N3O4. The fourth-order valence-electron chi connectivity index (χ4n) is 4.67. The minimum absolute atomic E-state index is 0.0190. The summed E-state index contributed by atoms with van der Waals surface area (Å²) in [4.78, 5) is 33.0. The smallest absolute Gasteiger partial charge is 0.257 e. The van der Waals surface area contributed by atoms with Gasteiger partial charge in [-0.1, -0.05) is 12.1 Å². The van der Waals surface area contributed by atoms with Crippen LogP contribution in [-0.2, 0) is 4.74 Å². The van der Waals surface area contributed by atoms with E-state index in [9.17, 15) is 9.59 Å². The lowest BCUT2D eigenvalue weighted by Crippen LogP contribution is -2.42. The SMILES string of the molecule is O=C(c1ccc2[nH]ccc2c1)N1CCCC(COc2ccccc2C(=O)N2CCOCC2)C1. The summed E-state index contributed by atoms with van der Waals surface area (Å²) in [6, 6.07) is 15.2. The summed E-state index contributed by atoms with van der Waals surface area (Å²) in [5, 5.41) is 1.04. The Morgan fingerprint density at radius 3 is 2.73 bits per heavy atom. The molecule has 1 atom stereocenters. The monoisotopic (exact) mass is 447 g/mol. The number of ether oxygens (including phenoxy) is 2. The van der Waals surface area contributed by atoms with Crippen molar-refractivity contribution in [3.63, 3.8) is 0 Å². The van der Waals surface area contributed by atoms with E-state index in [1.807, 2.05) is 64.5 Å². The summed E-state index contributed by atoms with van der Waals surface area (Å²) >= 11 is 0. The van der Waals surface area contributed by atoms with E-state index < -0.39 is 0 Å². The van der Waals surface area contributed by atoms with Gasteiger partial charge in [0.1, 0.15) is 5.75 Å². The molecule has 2 aliphatic heterocycles. The molecule has 3 aromatic rings. The van der Waals surface area contributed by atoms with Crippen molar-refractivity contribution in [3.05, 3.63) is 65.9 Å². The average Bonchev–Trinajstić information content (AvgIpc) is 3.35. The third-order valence-corrected chi connectivity index (χ3v) is 6.50. The molecule has 172 valence electrons. The van der Waals surface area contributed by atoms with Gasteiger partial charge >= 0.3 is 0 Å². The van der Waals surface area contributed by atoms with Gasteiger partial charge in [0.05, 0.1) is 25.4 Å². The number of nitrogens with zero attached hydrogens (tertiary/aromatic N) is 2. The van der Waals surface area contributed by atoms with Gasteiger partial charge in [-0.3, -0.25) is 9.59 Å². The molecule has 33 heavy (non-hydrogen) atoms. The lowest BCUT2D eigenvalue weighted by atomic mass is 9.98. The van der Waals surface area contributed by atoms with Crippen LogP contribution in [0.4, 0.5) is 0 Å². The first-order valence-electron chi connectivity index (χ1n) is 11.6. The summed E-state index contributed by atoms with van der Waals surface area (Å²) in [5.41, 5.74) is 2.33. The van der Waals surface area contributed by atoms with E-state index in [2.05, 4.69) is 4.98 Å². The lowest BCUT2D eigenvalue weighted by molar-refractivity contribution is 0.0299. The van der Waals surface area contributed by atoms with E-state index in [1.165, 1.54) is 0 Å². The zero-order chi connectivity index (χ0) is 22.6. The molecule has 2 fully saturated rings. The Labute approximate surface area is 193 Å². The number of rotatable bonds is 5. The van der Waals surface area contributed by atoms with Gasteiger partial charge in [-0.05, 0) is 49.2 Å². The third kappa shape index (κ3) is 4.73. The van der Waals surface area contributed by atoms with Crippen molar-refractivity contribution in [1.29, 1.82) is 0 Å². The van der Waals surface area contributed by atoms with E-state index >= 15 is 0 Å². The van der Waals surface area contributed by atoms with Crippen LogP contribution in [-0.4, -0.2) is 72.6 Å². The molecule has 0 radical (unpaired) electrons. The maximum absolute atomic E-state index is 13.1. The number of para-hydroxylation sites is 1. The molecule has 0 spiro atoms. The Bertz CT molecular complexity index is 1140. The van der Waals surface area contributed by atoms with Crippen molar-refractivity contribution in [2.45, 2.75) is 12.8 Å². The highest BCUT2D eigenvalue weighted by atomic mass is 16.5. The molecule has 1 unspecified atom stereocenters. The minimum atomic E-state index is -0.0190. The Kier molecular flexibility index (Phi) is 6.30. The van der Waals surface area contributed by atoms with Gasteiger partial charge in [0.15, 0.2) is 0 Å². The number of nitrogens with one attached hydrogen (secondary N) is 1. The zero-order valence-electron chi connectivity index (χ0n) is 18.7. The third-order valence-electron chi connectivity index (χ3n) is 6.50. The second-order valence-corrected chi connectivity index (χ2v) is 8.75. The fraction of sp³-hybridized carbons (Fsp3) is 0.385. The molecule has 0 bridgehead atoms. The number of carbonyl (C=O) groups excluding carboxylic acids is 2. The number of morpholine rings is 1. The zero-order valence-corrected chi connectivity index (χ0v) is 18.7. The predicted molar refractivity (Wildman–Crippen MR) is 126 cm³/mol. The largest absolute Gasteiger partial charge is 0.492 e. The molecule has 7 nitrogen and oxygen atoms in total. The first kappa shape index (κ1) is 21.5. The maximum atomic E-state index is 13.1. The van der Waals surface area contributed by atoms with Crippen LogP contribution in [0, 0.1) is 5.92 Å². The Morgan fingerprint density at radius 1 is 1.00 bits per heavy atom. The van der Waals surface area contributed by atoms with Crippen molar-refractivity contribution < 1.29 is 19.1 Å². The molecule has 2 aromatic carbocycles. The normalized spacial score (nSPS) is 19.0. The van der Waals surface area contributed by atoms with E-state index in [1.54, 1.807) is 0 Å². The molecule has 1 aromatic heterocycles. The number of benzene rings is 2. The molecular weight excluding hydrogens is 418 g/mol. The molecule has 0 aliphatic carbocycles. The Balaban J connectivity index is 1.22. The molecule has 3 heterocycles. The van der Waals surface area contributed by atoms with E-state index in [4.69, 9.17) is 9.47 Å². The standard InChI is InChI=1S/C26H29N3O4/c30-25(21-7-8-23-20(16-21)9-10-27-23)29-11-3-4-19(17-29)18-33-24-6-2-1-5-22(24)26(31)28-12-14-32-15-13-28/h1-2,5-10,16,19,27H,3-4,11-15,17-18H2. The van der Waals surface area contributed by atoms with E-state index in [0.29, 0.717) is 56.3 Å². The van der Waals surface area contributed by atoms with E-state index in [0.717, 1.165) is 30.3 Å². The second-order valence-electron chi connectivity index (χ2n) is 8.75. The van der Waals surface area contributed by atoms with E-state index in [-0.39, 0.29) is 17.7 Å². The molecule has 2 saturated heterocycles. The molecule has 1 N–H and O–H groups in total. The molecule has 0 saturated carbocycles. The van der Waals surface area contributed by atoms with Crippen LogP contribution in [0.2, 0.25) is 0 Å². The first-order valence-corrected chi connectivity index (χ1v) is 11.6. The fourth-order valence-corrected chi connectivity index (χ4v) is 4.67. The van der Waals surface area contributed by atoms with Crippen LogP contribution in [0.3, 0.4) is 0 Å². The molecule has 2 amide bonds. The van der Waals surface area contributed by atoms with Crippen molar-refractivity contribution in [2.24, 2.45) is 5.92 Å². The number of H-pyrrole nitrogens is 1. The van der Waals surface area contributed by atoms with Crippen molar-refractivity contribution in [3.8, 4) is 5.75 Å². The number of likely N-dealkylation sites (tertiary alicyclic amines) is 1. The Morgan fingerprint density at radius 2 is 1.85 bits per heavy atom. The first-order chi connectivity index (χ1) is 16.2. The van der Waals surface area contributed by atoms with Gasteiger partial charge in [-0.2, -0.15) is 0 Å². The van der Waals surface area contributed by atoms with Crippen LogP contribution in [0.25, 0.3) is 10.9 Å². The quantitative estimate of drug-likeness (QED) is 0.649. The van der Waals surface area contributed by atoms with Gasteiger partial charge in [-0.25, -0.2) is 0 Å². The number of aromatic nitrogens is 1. The average molecular weight is 448 g/mol. The summed E-state index contributed by atoms with van der Waals surface area (Å²) in [6.07, 6.45) is 3.83. The highest BCUT2D eigenvalue weighted by molar-refractivity contribution is 5.98. The summed E-state index contributed by atoms with van der Waals surface area (Å²) < 4.78 is 11.5. The van der Waals surface area contributed by atoms with Gasteiger partial charge in [0, 0.05) is 54.8 Å². The van der Waals surface area contributed by atoms with Crippen molar-refractivity contribution in [1.82, 2.24) is 14.8 Å². The number of hydrogen-bond acceptors (Lipinski definition) is 4. The van der Waals surface area contributed by atoms with Crippen LogP contribution in [0.1, 0.15) is 33.6 Å². The molecule has 2 aliphatic rings. The van der Waals surface area contributed by atoms with Crippen LogP contribution >= 0.6 is 0 Å². The van der Waals surface area contributed by atoms with Gasteiger partial charge < -0.3 is 24.3 Å². The van der Waals surface area contributed by atoms with Gasteiger partial charge in [-0.15, -0.1) is 0 Å². The summed E-state index contributed by atoms with van der Waals surface area (Å²) in [7, 11) is 0. The Hall–Kier alpha value is -3.32. The van der Waals surface area contributed by atoms with Crippen molar-refractivity contribution >= 4 is 22.7 Å². The highest BCUT2D eigenvalue weighted by Crippen LogP contribution is 2.25. The predicted octanol–water partition coefficient (Wildman–Crippen LogP) is 3.57. The number of amides is 2. The van der Waals surface area contributed by atoms with Crippen LogP contribution in [0.5, 0.6) is 5.75 Å². The number of hydrogen-bond donors (Lipinski definition) is 1. The number of fused-ring (bicyclic) bond motifs is 1.